The number of likely N-dealkylation sites (tertiary alicyclic amines) is 1. The van der Waals surface area contributed by atoms with E-state index < -0.39 is 17.7 Å². The van der Waals surface area contributed by atoms with Crippen LogP contribution in [0.4, 0.5) is 0 Å². The van der Waals surface area contributed by atoms with Crippen LogP contribution in [-0.2, 0) is 9.59 Å². The molecule has 0 bridgehead atoms. The van der Waals surface area contributed by atoms with Gasteiger partial charge in [-0.15, -0.1) is 0 Å². The highest BCUT2D eigenvalue weighted by molar-refractivity contribution is 6.46. The quantitative estimate of drug-likeness (QED) is 0.196. The summed E-state index contributed by atoms with van der Waals surface area (Å²) in [6, 6.07) is 13.7. The monoisotopic (exact) mass is 522 g/mol. The fourth-order valence-corrected chi connectivity index (χ4v) is 4.68. The van der Waals surface area contributed by atoms with E-state index in [2.05, 4.69) is 32.6 Å². The number of nitrogens with zero attached hydrogens (tertiary/aromatic N) is 2. The summed E-state index contributed by atoms with van der Waals surface area (Å²) in [5.74, 6) is 0.420. The molecule has 0 aliphatic carbocycles. The van der Waals surface area contributed by atoms with Crippen LogP contribution in [0.15, 0.2) is 54.1 Å². The molecule has 2 aromatic carbocycles. The van der Waals surface area contributed by atoms with Crippen molar-refractivity contribution >= 4 is 17.4 Å². The summed E-state index contributed by atoms with van der Waals surface area (Å²) in [6.07, 6.45) is 1.64. The second kappa shape index (κ2) is 14.0. The van der Waals surface area contributed by atoms with Gasteiger partial charge in [-0.25, -0.2) is 0 Å². The van der Waals surface area contributed by atoms with Gasteiger partial charge in [0.2, 0.25) is 0 Å². The van der Waals surface area contributed by atoms with Crippen molar-refractivity contribution in [1.29, 1.82) is 0 Å². The molecule has 206 valence electrons. The average Bonchev–Trinajstić information content (AvgIpc) is 3.16. The molecule has 0 aromatic heterocycles. The van der Waals surface area contributed by atoms with Gasteiger partial charge < -0.3 is 24.4 Å². The van der Waals surface area contributed by atoms with Crippen molar-refractivity contribution in [2.24, 2.45) is 5.92 Å². The first-order valence-electron chi connectivity index (χ1n) is 13.8. The minimum atomic E-state index is -0.702. The third-order valence-electron chi connectivity index (χ3n) is 6.88. The van der Waals surface area contributed by atoms with Gasteiger partial charge in [-0.1, -0.05) is 39.8 Å². The van der Waals surface area contributed by atoms with Crippen LogP contribution in [-0.4, -0.2) is 66.0 Å². The average molecular weight is 523 g/mol. The van der Waals surface area contributed by atoms with Crippen molar-refractivity contribution in [2.75, 3.05) is 39.4 Å². The summed E-state index contributed by atoms with van der Waals surface area (Å²) in [6.45, 7) is 14.6. The summed E-state index contributed by atoms with van der Waals surface area (Å²) in [7, 11) is 0. The van der Waals surface area contributed by atoms with Gasteiger partial charge in [0.25, 0.3) is 11.7 Å². The Kier molecular flexibility index (Phi) is 10.8. The first-order valence-corrected chi connectivity index (χ1v) is 13.8. The second-order valence-electron chi connectivity index (χ2n) is 9.93. The molecule has 3 rings (SSSR count). The summed E-state index contributed by atoms with van der Waals surface area (Å²) >= 11 is 0. The maximum atomic E-state index is 13.3. The highest BCUT2D eigenvalue weighted by Gasteiger charge is 2.45. The molecule has 7 heteroatoms. The highest BCUT2D eigenvalue weighted by atomic mass is 16.5. The molecule has 1 aliphatic rings. The number of ether oxygens (including phenoxy) is 2. The smallest absolute Gasteiger partial charge is 0.295 e. The number of aliphatic hydroxyl groups excluding tert-OH is 1. The molecule has 1 saturated heterocycles. The number of rotatable bonds is 14. The topological polar surface area (TPSA) is 79.3 Å². The van der Waals surface area contributed by atoms with Crippen LogP contribution in [0.2, 0.25) is 0 Å². The van der Waals surface area contributed by atoms with E-state index >= 15 is 0 Å². The zero-order valence-corrected chi connectivity index (χ0v) is 23.4. The van der Waals surface area contributed by atoms with Crippen molar-refractivity contribution in [3.63, 3.8) is 0 Å². The van der Waals surface area contributed by atoms with Gasteiger partial charge in [0.05, 0.1) is 24.8 Å². The predicted molar refractivity (Wildman–Crippen MR) is 150 cm³/mol. The number of carbonyl (C=O) groups is 2. The standard InChI is InChI=1S/C31H42N2O5/c1-6-32(7-2)18-10-19-33-28(24-11-9-12-26(21-24)38-20-17-22(4)5)27(30(35)31(33)36)29(34)23-13-15-25(16-14-23)37-8-3/h9,11-16,21-22,28,34H,6-8,10,17-20H2,1-5H3. The lowest BCUT2D eigenvalue weighted by molar-refractivity contribution is -0.140. The molecule has 7 nitrogen and oxygen atoms in total. The number of Topliss-reactive ketones (excluding diaryl/α,β-unsaturated/α-hetero) is 1. The molecule has 1 aliphatic heterocycles. The van der Waals surface area contributed by atoms with Gasteiger partial charge in [-0.05, 0) is 87.3 Å². The Hall–Kier alpha value is -3.32. The van der Waals surface area contributed by atoms with E-state index in [1.807, 2.05) is 31.2 Å². The molecule has 1 amide bonds. The van der Waals surface area contributed by atoms with Crippen molar-refractivity contribution in [2.45, 2.75) is 53.5 Å². The first kappa shape index (κ1) is 29.2. The van der Waals surface area contributed by atoms with Crippen molar-refractivity contribution < 1.29 is 24.2 Å². The zero-order valence-electron chi connectivity index (χ0n) is 23.4. The van der Waals surface area contributed by atoms with Crippen molar-refractivity contribution in [1.82, 2.24) is 9.80 Å². The SMILES string of the molecule is CCOc1ccc(C(O)=C2C(=O)C(=O)N(CCCN(CC)CC)C2c2cccc(OCCC(C)C)c2)cc1. The van der Waals surface area contributed by atoms with Crippen LogP contribution in [0, 0.1) is 5.92 Å². The number of hydrogen-bond donors (Lipinski definition) is 1. The normalized spacial score (nSPS) is 17.0. The largest absolute Gasteiger partial charge is 0.507 e. The van der Waals surface area contributed by atoms with Crippen molar-refractivity contribution in [3.05, 3.63) is 65.2 Å². The number of hydrogen-bond acceptors (Lipinski definition) is 6. The number of ketones is 1. The molecule has 1 heterocycles. The molecular weight excluding hydrogens is 480 g/mol. The molecule has 2 aromatic rings. The van der Waals surface area contributed by atoms with E-state index in [1.54, 1.807) is 29.2 Å². The van der Waals surface area contributed by atoms with Gasteiger partial charge in [0, 0.05) is 12.1 Å². The van der Waals surface area contributed by atoms with Crippen molar-refractivity contribution in [3.8, 4) is 11.5 Å². The molecule has 0 spiro atoms. The number of benzene rings is 2. The highest BCUT2D eigenvalue weighted by Crippen LogP contribution is 2.40. The molecule has 1 unspecified atom stereocenters. The third-order valence-corrected chi connectivity index (χ3v) is 6.88. The van der Waals surface area contributed by atoms with E-state index in [0.717, 1.165) is 38.0 Å². The Balaban J connectivity index is 1.99. The summed E-state index contributed by atoms with van der Waals surface area (Å²) in [5.41, 5.74) is 1.30. The first-order chi connectivity index (χ1) is 18.3. The maximum absolute atomic E-state index is 13.3. The maximum Gasteiger partial charge on any atom is 0.295 e. The summed E-state index contributed by atoms with van der Waals surface area (Å²) < 4.78 is 11.5. The van der Waals surface area contributed by atoms with E-state index in [9.17, 15) is 14.7 Å². The fraction of sp³-hybridized carbons (Fsp3) is 0.484. The zero-order chi connectivity index (χ0) is 27.7. The Labute approximate surface area is 227 Å². The molecule has 1 fully saturated rings. The van der Waals surface area contributed by atoms with Crippen LogP contribution in [0.3, 0.4) is 0 Å². The predicted octanol–water partition coefficient (Wildman–Crippen LogP) is 5.66. The molecular formula is C31H42N2O5. The molecule has 0 radical (unpaired) electrons. The van der Waals surface area contributed by atoms with Gasteiger partial charge in [0.1, 0.15) is 17.3 Å². The Morgan fingerprint density at radius 2 is 1.71 bits per heavy atom. The lowest BCUT2D eigenvalue weighted by Crippen LogP contribution is -2.33. The van der Waals surface area contributed by atoms with Gasteiger partial charge in [-0.3, -0.25) is 9.59 Å². The summed E-state index contributed by atoms with van der Waals surface area (Å²) in [5, 5.41) is 11.3. The summed E-state index contributed by atoms with van der Waals surface area (Å²) in [4.78, 5) is 30.5. The number of amides is 1. The molecule has 38 heavy (non-hydrogen) atoms. The lowest BCUT2D eigenvalue weighted by Gasteiger charge is -2.27. The third kappa shape index (κ3) is 7.16. The lowest BCUT2D eigenvalue weighted by atomic mass is 9.95. The molecule has 0 saturated carbocycles. The second-order valence-corrected chi connectivity index (χ2v) is 9.93. The van der Waals surface area contributed by atoms with Crippen LogP contribution in [0.25, 0.3) is 5.76 Å². The van der Waals surface area contributed by atoms with Crippen LogP contribution < -0.4 is 9.47 Å². The van der Waals surface area contributed by atoms with E-state index in [-0.39, 0.29) is 11.3 Å². The minimum Gasteiger partial charge on any atom is -0.507 e. The van der Waals surface area contributed by atoms with Crippen LogP contribution in [0.5, 0.6) is 11.5 Å². The van der Waals surface area contributed by atoms with E-state index in [4.69, 9.17) is 9.47 Å². The van der Waals surface area contributed by atoms with Gasteiger partial charge in [0.15, 0.2) is 0 Å². The van der Waals surface area contributed by atoms with E-state index in [1.165, 1.54) is 0 Å². The number of aliphatic hydroxyl groups is 1. The van der Waals surface area contributed by atoms with Gasteiger partial charge in [-0.2, -0.15) is 0 Å². The fourth-order valence-electron chi connectivity index (χ4n) is 4.68. The Morgan fingerprint density at radius 1 is 1.00 bits per heavy atom. The Bertz CT molecular complexity index is 1110. The number of carbonyl (C=O) groups excluding carboxylic acids is 2. The molecule has 1 N–H and O–H groups in total. The van der Waals surface area contributed by atoms with Crippen LogP contribution in [0.1, 0.15) is 64.6 Å². The van der Waals surface area contributed by atoms with Gasteiger partial charge >= 0.3 is 0 Å². The minimum absolute atomic E-state index is 0.0985. The van der Waals surface area contributed by atoms with E-state index in [0.29, 0.717) is 42.7 Å². The molecule has 1 atom stereocenters. The Morgan fingerprint density at radius 3 is 2.34 bits per heavy atom. The van der Waals surface area contributed by atoms with Crippen LogP contribution >= 0.6 is 0 Å².